The standard InChI is InChI=1S/C30H39N7O2/c1-3-25-29(32-21-9-12-23(38)13-10-21)35-30(27(34-25)28(31)39)33-22-11-14-26(37-17-15-36(2)16-18-37)24(19-22)20-7-5-4-6-8-20/h4-8,11,14,19,21,23,38H,3,9-10,12-13,15-18H2,1-2H3,(H2,31,39)(H2,32,33,35). The van der Waals surface area contributed by atoms with Gasteiger partial charge in [-0.1, -0.05) is 37.3 Å². The van der Waals surface area contributed by atoms with Crippen molar-refractivity contribution < 1.29 is 9.90 Å². The Labute approximate surface area is 230 Å². The first-order valence-corrected chi connectivity index (χ1v) is 14.0. The number of aromatic nitrogens is 2. The van der Waals surface area contributed by atoms with Crippen molar-refractivity contribution in [3.63, 3.8) is 0 Å². The maximum absolute atomic E-state index is 12.4. The van der Waals surface area contributed by atoms with Crippen LogP contribution < -0.4 is 21.3 Å². The van der Waals surface area contributed by atoms with E-state index >= 15 is 0 Å². The summed E-state index contributed by atoms with van der Waals surface area (Å²) in [6.07, 6.45) is 3.63. The zero-order valence-corrected chi connectivity index (χ0v) is 22.9. The molecular weight excluding hydrogens is 490 g/mol. The SMILES string of the molecule is CCc1nc(C(N)=O)c(Nc2ccc(N3CCN(C)CC3)c(-c3ccccc3)c2)nc1NC1CCC(O)CC1. The summed E-state index contributed by atoms with van der Waals surface area (Å²) in [5.74, 6) is 0.373. The van der Waals surface area contributed by atoms with E-state index in [2.05, 4.69) is 56.7 Å². The van der Waals surface area contributed by atoms with Crippen molar-refractivity contribution in [1.82, 2.24) is 14.9 Å². The molecule has 2 aromatic carbocycles. The van der Waals surface area contributed by atoms with Crippen LogP contribution in [0.4, 0.5) is 23.0 Å². The van der Waals surface area contributed by atoms with Crippen molar-refractivity contribution in [2.75, 3.05) is 48.8 Å². The van der Waals surface area contributed by atoms with Gasteiger partial charge in [-0.2, -0.15) is 0 Å². The van der Waals surface area contributed by atoms with E-state index in [4.69, 9.17) is 10.7 Å². The molecule has 1 saturated heterocycles. The van der Waals surface area contributed by atoms with E-state index in [1.165, 1.54) is 5.69 Å². The smallest absolute Gasteiger partial charge is 0.271 e. The lowest BCUT2D eigenvalue weighted by Gasteiger charge is -2.35. The average molecular weight is 530 g/mol. The number of carbonyl (C=O) groups is 1. The Morgan fingerprint density at radius 3 is 2.38 bits per heavy atom. The van der Waals surface area contributed by atoms with Gasteiger partial charge in [-0.25, -0.2) is 9.97 Å². The molecule has 206 valence electrons. The Hall–Kier alpha value is -3.69. The number of carbonyl (C=O) groups excluding carboxylic acids is 1. The molecule has 1 aliphatic heterocycles. The number of amides is 1. The number of aliphatic hydroxyl groups is 1. The van der Waals surface area contributed by atoms with Gasteiger partial charge in [-0.15, -0.1) is 0 Å². The molecular formula is C30H39N7O2. The van der Waals surface area contributed by atoms with Crippen LogP contribution in [0.5, 0.6) is 0 Å². The molecule has 0 spiro atoms. The van der Waals surface area contributed by atoms with E-state index in [1.807, 2.05) is 31.2 Å². The van der Waals surface area contributed by atoms with Gasteiger partial charge in [0, 0.05) is 49.2 Å². The highest BCUT2D eigenvalue weighted by molar-refractivity contribution is 5.97. The zero-order chi connectivity index (χ0) is 27.4. The molecule has 9 heteroatoms. The molecule has 5 N–H and O–H groups in total. The van der Waals surface area contributed by atoms with Crippen LogP contribution in [0.2, 0.25) is 0 Å². The van der Waals surface area contributed by atoms with Crippen LogP contribution >= 0.6 is 0 Å². The molecule has 5 rings (SSSR count). The molecule has 0 unspecified atom stereocenters. The summed E-state index contributed by atoms with van der Waals surface area (Å²) >= 11 is 0. The number of piperazine rings is 1. The molecule has 1 amide bonds. The Morgan fingerprint density at radius 1 is 1.00 bits per heavy atom. The summed E-state index contributed by atoms with van der Waals surface area (Å²) in [6.45, 7) is 5.95. The summed E-state index contributed by atoms with van der Waals surface area (Å²) < 4.78 is 0. The van der Waals surface area contributed by atoms with Gasteiger partial charge < -0.3 is 31.3 Å². The third-order valence-electron chi connectivity index (χ3n) is 7.76. The summed E-state index contributed by atoms with van der Waals surface area (Å²) in [5.41, 5.74) is 10.8. The molecule has 0 bridgehead atoms. The molecule has 3 aromatic rings. The lowest BCUT2D eigenvalue weighted by Crippen LogP contribution is -2.44. The number of primary amides is 1. The number of likely N-dealkylation sites (N-methyl/N-ethyl adjacent to an activating group) is 1. The highest BCUT2D eigenvalue weighted by Gasteiger charge is 2.24. The van der Waals surface area contributed by atoms with Gasteiger partial charge in [0.15, 0.2) is 11.5 Å². The highest BCUT2D eigenvalue weighted by Crippen LogP contribution is 2.35. The first kappa shape index (κ1) is 26.9. The van der Waals surface area contributed by atoms with Gasteiger partial charge in [0.1, 0.15) is 5.82 Å². The number of hydrogen-bond acceptors (Lipinski definition) is 8. The third-order valence-corrected chi connectivity index (χ3v) is 7.76. The monoisotopic (exact) mass is 529 g/mol. The Morgan fingerprint density at radius 2 is 1.72 bits per heavy atom. The number of nitrogens with two attached hydrogens (primary N) is 1. The van der Waals surface area contributed by atoms with E-state index in [-0.39, 0.29) is 17.8 Å². The van der Waals surface area contributed by atoms with Crippen LogP contribution in [-0.2, 0) is 6.42 Å². The van der Waals surface area contributed by atoms with Crippen LogP contribution in [0.25, 0.3) is 11.1 Å². The minimum absolute atomic E-state index is 0.126. The van der Waals surface area contributed by atoms with E-state index in [1.54, 1.807) is 0 Å². The number of nitrogens with one attached hydrogen (secondary N) is 2. The summed E-state index contributed by atoms with van der Waals surface area (Å²) in [7, 11) is 2.16. The molecule has 1 saturated carbocycles. The third kappa shape index (κ3) is 6.32. The second kappa shape index (κ2) is 12.0. The van der Waals surface area contributed by atoms with Crippen LogP contribution in [0.1, 0.15) is 48.8 Å². The molecule has 2 aliphatic rings. The number of aliphatic hydroxyl groups excluding tert-OH is 1. The second-order valence-corrected chi connectivity index (χ2v) is 10.6. The molecule has 2 heterocycles. The summed E-state index contributed by atoms with van der Waals surface area (Å²) in [5, 5.41) is 16.8. The van der Waals surface area contributed by atoms with Crippen molar-refractivity contribution in [1.29, 1.82) is 0 Å². The van der Waals surface area contributed by atoms with Crippen LogP contribution in [0.15, 0.2) is 48.5 Å². The Bertz CT molecular complexity index is 1280. The second-order valence-electron chi connectivity index (χ2n) is 10.6. The van der Waals surface area contributed by atoms with E-state index < -0.39 is 5.91 Å². The molecule has 1 aromatic heterocycles. The predicted octanol–water partition coefficient (Wildman–Crippen LogP) is 4.02. The Balaban J connectivity index is 1.48. The fourth-order valence-corrected chi connectivity index (χ4v) is 5.43. The zero-order valence-electron chi connectivity index (χ0n) is 22.9. The van der Waals surface area contributed by atoms with Gasteiger partial charge in [0.25, 0.3) is 5.91 Å². The predicted molar refractivity (Wildman–Crippen MR) is 157 cm³/mol. The molecule has 0 atom stereocenters. The minimum atomic E-state index is -0.621. The van der Waals surface area contributed by atoms with Crippen molar-refractivity contribution in [2.45, 2.75) is 51.2 Å². The van der Waals surface area contributed by atoms with E-state index in [9.17, 15) is 9.90 Å². The number of anilines is 4. The van der Waals surface area contributed by atoms with E-state index in [0.29, 0.717) is 23.8 Å². The molecule has 1 aliphatic carbocycles. The lowest BCUT2D eigenvalue weighted by molar-refractivity contribution is 0.0996. The van der Waals surface area contributed by atoms with Crippen molar-refractivity contribution in [2.24, 2.45) is 5.73 Å². The number of nitrogens with zero attached hydrogens (tertiary/aromatic N) is 4. The number of aryl methyl sites for hydroxylation is 1. The summed E-state index contributed by atoms with van der Waals surface area (Å²) in [6, 6.07) is 16.8. The van der Waals surface area contributed by atoms with Crippen molar-refractivity contribution >= 4 is 28.9 Å². The quantitative estimate of drug-likeness (QED) is 0.346. The van der Waals surface area contributed by atoms with Gasteiger partial charge in [-0.3, -0.25) is 4.79 Å². The number of benzene rings is 2. The van der Waals surface area contributed by atoms with Crippen molar-refractivity contribution in [3.8, 4) is 11.1 Å². The van der Waals surface area contributed by atoms with Crippen LogP contribution in [0.3, 0.4) is 0 Å². The first-order valence-electron chi connectivity index (χ1n) is 14.0. The maximum Gasteiger partial charge on any atom is 0.271 e. The number of rotatable bonds is 8. The topological polar surface area (TPSA) is 120 Å². The fourth-order valence-electron chi connectivity index (χ4n) is 5.43. The fraction of sp³-hybridized carbons (Fsp3) is 0.433. The van der Waals surface area contributed by atoms with Gasteiger partial charge >= 0.3 is 0 Å². The Kier molecular flexibility index (Phi) is 8.28. The molecule has 39 heavy (non-hydrogen) atoms. The largest absolute Gasteiger partial charge is 0.393 e. The summed E-state index contributed by atoms with van der Waals surface area (Å²) in [4.78, 5) is 26.6. The lowest BCUT2D eigenvalue weighted by atomic mass is 9.93. The average Bonchev–Trinajstić information content (AvgIpc) is 2.95. The van der Waals surface area contributed by atoms with Gasteiger partial charge in [-0.05, 0) is 62.9 Å². The van der Waals surface area contributed by atoms with Crippen LogP contribution in [-0.4, -0.2) is 71.3 Å². The maximum atomic E-state index is 12.4. The minimum Gasteiger partial charge on any atom is -0.393 e. The van der Waals surface area contributed by atoms with E-state index in [0.717, 1.165) is 68.7 Å². The normalized spacial score (nSPS) is 20.0. The van der Waals surface area contributed by atoms with Crippen LogP contribution in [0, 0.1) is 0 Å². The molecule has 9 nitrogen and oxygen atoms in total. The first-order chi connectivity index (χ1) is 18.9. The van der Waals surface area contributed by atoms with Gasteiger partial charge in [0.2, 0.25) is 0 Å². The highest BCUT2D eigenvalue weighted by atomic mass is 16.3. The van der Waals surface area contributed by atoms with Crippen molar-refractivity contribution in [3.05, 3.63) is 59.9 Å². The molecule has 2 fully saturated rings. The number of hydrogen-bond donors (Lipinski definition) is 4. The molecule has 0 radical (unpaired) electrons. The van der Waals surface area contributed by atoms with Gasteiger partial charge in [0.05, 0.1) is 11.8 Å².